The molecule has 0 amide bonds. The highest BCUT2D eigenvalue weighted by Gasteiger charge is 2.38. The predicted molar refractivity (Wildman–Crippen MR) is 69.7 cm³/mol. The van der Waals surface area contributed by atoms with Crippen LogP contribution in [0.15, 0.2) is 27.6 Å². The Kier molecular flexibility index (Phi) is 2.48. The Labute approximate surface area is 103 Å². The zero-order valence-corrected chi connectivity index (χ0v) is 11.0. The van der Waals surface area contributed by atoms with Crippen LogP contribution in [-0.2, 0) is 0 Å². The van der Waals surface area contributed by atoms with E-state index in [-0.39, 0.29) is 0 Å². The minimum atomic E-state index is 0.483. The molecular weight excluding hydrogens is 270 g/mol. The molecule has 0 saturated heterocycles. The fourth-order valence-corrected chi connectivity index (χ4v) is 4.65. The first kappa shape index (κ1) is 10.0. The van der Waals surface area contributed by atoms with Crippen LogP contribution in [0.2, 0.25) is 0 Å². The van der Waals surface area contributed by atoms with Crippen LogP contribution in [0.1, 0.15) is 25.7 Å². The van der Waals surface area contributed by atoms with Crippen LogP contribution >= 0.6 is 27.7 Å². The summed E-state index contributed by atoms with van der Waals surface area (Å²) in [6, 6.07) is 6.42. The molecule has 3 heteroatoms. The van der Waals surface area contributed by atoms with E-state index in [1.54, 1.807) is 0 Å². The predicted octanol–water partition coefficient (Wildman–Crippen LogP) is 4.28. The van der Waals surface area contributed by atoms with Crippen molar-refractivity contribution < 1.29 is 0 Å². The van der Waals surface area contributed by atoms with Crippen molar-refractivity contribution in [2.75, 3.05) is 11.9 Å². The van der Waals surface area contributed by atoms with Crippen molar-refractivity contribution in [1.82, 2.24) is 0 Å². The minimum absolute atomic E-state index is 0.483. The Hall–Kier alpha value is -0.150. The maximum atomic E-state index is 3.65. The third-order valence-corrected chi connectivity index (χ3v) is 5.95. The molecule has 15 heavy (non-hydrogen) atoms. The maximum Gasteiger partial charge on any atom is 0.0490 e. The molecule has 1 aromatic rings. The fourth-order valence-electron chi connectivity index (χ4n) is 2.56. The number of hydrogen-bond donors (Lipinski definition) is 1. The molecule has 80 valence electrons. The van der Waals surface area contributed by atoms with Crippen molar-refractivity contribution in [2.24, 2.45) is 0 Å². The second-order valence-corrected chi connectivity index (χ2v) is 6.79. The van der Waals surface area contributed by atoms with Gasteiger partial charge in [0.25, 0.3) is 0 Å². The van der Waals surface area contributed by atoms with Crippen LogP contribution in [0.25, 0.3) is 0 Å². The van der Waals surface area contributed by atoms with Gasteiger partial charge in [0.2, 0.25) is 0 Å². The van der Waals surface area contributed by atoms with Crippen molar-refractivity contribution in [2.45, 2.75) is 35.3 Å². The van der Waals surface area contributed by atoms with Crippen LogP contribution in [0.5, 0.6) is 0 Å². The van der Waals surface area contributed by atoms with Crippen LogP contribution < -0.4 is 5.32 Å². The van der Waals surface area contributed by atoms with Crippen LogP contribution in [0, 0.1) is 0 Å². The van der Waals surface area contributed by atoms with Gasteiger partial charge >= 0.3 is 0 Å². The molecule has 1 heterocycles. The normalized spacial score (nSPS) is 22.5. The fraction of sp³-hybridized carbons (Fsp3) is 0.500. The summed E-state index contributed by atoms with van der Waals surface area (Å²) in [6.07, 6.45) is 5.53. The van der Waals surface area contributed by atoms with Gasteiger partial charge in [-0.1, -0.05) is 18.9 Å². The van der Waals surface area contributed by atoms with Crippen molar-refractivity contribution in [3.05, 3.63) is 22.7 Å². The molecule has 1 N–H and O–H groups in total. The third-order valence-electron chi connectivity index (χ3n) is 3.40. The second kappa shape index (κ2) is 3.70. The summed E-state index contributed by atoms with van der Waals surface area (Å²) in [6.45, 7) is 1.14. The molecule has 1 aliphatic carbocycles. The Balaban J connectivity index is 1.98. The topological polar surface area (TPSA) is 12.0 Å². The summed E-state index contributed by atoms with van der Waals surface area (Å²) in [5, 5.41) is 3.59. The summed E-state index contributed by atoms with van der Waals surface area (Å²) in [4.78, 5) is 1.41. The number of thioether (sulfide) groups is 1. The Morgan fingerprint density at radius 1 is 1.27 bits per heavy atom. The van der Waals surface area contributed by atoms with E-state index in [9.17, 15) is 0 Å². The average Bonchev–Trinajstić information content (AvgIpc) is 2.68. The Bertz CT molecular complexity index is 385. The summed E-state index contributed by atoms with van der Waals surface area (Å²) in [7, 11) is 0. The first-order valence-corrected chi connectivity index (χ1v) is 7.11. The second-order valence-electron chi connectivity index (χ2n) is 4.46. The van der Waals surface area contributed by atoms with Crippen molar-refractivity contribution >= 4 is 33.4 Å². The Morgan fingerprint density at radius 2 is 2.07 bits per heavy atom. The molecule has 0 aromatic heterocycles. The maximum absolute atomic E-state index is 3.65. The number of fused-ring (bicyclic) bond motifs is 1. The Morgan fingerprint density at radius 3 is 2.87 bits per heavy atom. The third kappa shape index (κ3) is 1.70. The zero-order chi connectivity index (χ0) is 10.3. The summed E-state index contributed by atoms with van der Waals surface area (Å²) in [5.41, 5.74) is 1.30. The summed E-state index contributed by atoms with van der Waals surface area (Å²) in [5.74, 6) is 0. The van der Waals surface area contributed by atoms with Crippen LogP contribution in [-0.4, -0.2) is 11.3 Å². The molecule has 3 rings (SSSR count). The number of benzene rings is 1. The molecule has 0 unspecified atom stereocenters. The van der Waals surface area contributed by atoms with E-state index in [1.807, 2.05) is 0 Å². The highest BCUT2D eigenvalue weighted by Crippen LogP contribution is 2.52. The highest BCUT2D eigenvalue weighted by atomic mass is 79.9. The molecule has 2 aliphatic rings. The molecule has 1 nitrogen and oxygen atoms in total. The number of hydrogen-bond acceptors (Lipinski definition) is 2. The molecule has 1 aliphatic heterocycles. The molecule has 1 spiro atoms. The average molecular weight is 284 g/mol. The molecular formula is C12H14BrNS. The van der Waals surface area contributed by atoms with E-state index in [0.29, 0.717) is 4.75 Å². The smallest absolute Gasteiger partial charge is 0.0490 e. The van der Waals surface area contributed by atoms with Gasteiger partial charge in [-0.3, -0.25) is 0 Å². The summed E-state index contributed by atoms with van der Waals surface area (Å²) < 4.78 is 1.72. The van der Waals surface area contributed by atoms with Gasteiger partial charge in [0.15, 0.2) is 0 Å². The monoisotopic (exact) mass is 283 g/mol. The van der Waals surface area contributed by atoms with Gasteiger partial charge in [-0.05, 0) is 40.9 Å². The van der Waals surface area contributed by atoms with E-state index < -0.39 is 0 Å². The molecule has 1 fully saturated rings. The first-order chi connectivity index (χ1) is 7.29. The number of rotatable bonds is 0. The highest BCUT2D eigenvalue weighted by molar-refractivity contribution is 9.10. The van der Waals surface area contributed by atoms with Gasteiger partial charge in [-0.15, -0.1) is 11.8 Å². The van der Waals surface area contributed by atoms with E-state index in [4.69, 9.17) is 0 Å². The van der Waals surface area contributed by atoms with Gasteiger partial charge in [0, 0.05) is 26.3 Å². The molecule has 0 atom stereocenters. The van der Waals surface area contributed by atoms with E-state index in [2.05, 4.69) is 51.2 Å². The standard InChI is InChI=1S/C12H14BrNS/c13-9-4-3-5-10-11(9)15-12(8-14-10)6-1-2-7-12/h3-5,14H,1-2,6-8H2. The largest absolute Gasteiger partial charge is 0.383 e. The van der Waals surface area contributed by atoms with E-state index in [0.717, 1.165) is 6.54 Å². The van der Waals surface area contributed by atoms with Gasteiger partial charge in [-0.25, -0.2) is 0 Å². The number of halogens is 1. The lowest BCUT2D eigenvalue weighted by Crippen LogP contribution is -2.33. The first-order valence-electron chi connectivity index (χ1n) is 5.51. The molecule has 0 bridgehead atoms. The van der Waals surface area contributed by atoms with Gasteiger partial charge in [0.1, 0.15) is 0 Å². The van der Waals surface area contributed by atoms with E-state index >= 15 is 0 Å². The van der Waals surface area contributed by atoms with Crippen molar-refractivity contribution in [3.63, 3.8) is 0 Å². The van der Waals surface area contributed by atoms with Gasteiger partial charge in [0.05, 0.1) is 0 Å². The lowest BCUT2D eigenvalue weighted by Gasteiger charge is -2.35. The summed E-state index contributed by atoms with van der Waals surface area (Å²) >= 11 is 5.74. The van der Waals surface area contributed by atoms with Crippen molar-refractivity contribution in [1.29, 1.82) is 0 Å². The van der Waals surface area contributed by atoms with Crippen LogP contribution in [0.3, 0.4) is 0 Å². The molecule has 1 saturated carbocycles. The van der Waals surface area contributed by atoms with Crippen LogP contribution in [0.4, 0.5) is 5.69 Å². The van der Waals surface area contributed by atoms with Crippen molar-refractivity contribution in [3.8, 4) is 0 Å². The number of nitrogens with one attached hydrogen (secondary N) is 1. The van der Waals surface area contributed by atoms with Gasteiger partial charge < -0.3 is 5.32 Å². The minimum Gasteiger partial charge on any atom is -0.383 e. The SMILES string of the molecule is Brc1cccc2c1SC1(CCCC1)CN2. The zero-order valence-electron chi connectivity index (χ0n) is 8.55. The quantitative estimate of drug-likeness (QED) is 0.763. The lowest BCUT2D eigenvalue weighted by atomic mass is 10.1. The molecule has 0 radical (unpaired) electrons. The number of anilines is 1. The van der Waals surface area contributed by atoms with Gasteiger partial charge in [-0.2, -0.15) is 0 Å². The molecule has 1 aromatic carbocycles. The van der Waals surface area contributed by atoms with E-state index in [1.165, 1.54) is 40.7 Å². The lowest BCUT2D eigenvalue weighted by molar-refractivity contribution is 0.630.